The minimum atomic E-state index is -4.10. The van der Waals surface area contributed by atoms with E-state index in [1.54, 1.807) is 31.5 Å². The van der Waals surface area contributed by atoms with E-state index < -0.39 is 26.6 Å². The van der Waals surface area contributed by atoms with E-state index in [1.165, 1.54) is 12.1 Å². The third-order valence-electron chi connectivity index (χ3n) is 4.83. The van der Waals surface area contributed by atoms with Crippen LogP contribution in [0.1, 0.15) is 17.2 Å². The largest absolute Gasteiger partial charge is 0.439 e. The molecule has 11 heteroatoms. The highest BCUT2D eigenvalue weighted by Gasteiger charge is 2.17. The van der Waals surface area contributed by atoms with Crippen LogP contribution >= 0.6 is 0 Å². The molecule has 4 rings (SSSR count). The highest BCUT2D eigenvalue weighted by molar-refractivity contribution is 7.92. The summed E-state index contributed by atoms with van der Waals surface area (Å²) in [6, 6.07) is 10.1. The summed E-state index contributed by atoms with van der Waals surface area (Å²) < 4.78 is 61.3. The summed E-state index contributed by atoms with van der Waals surface area (Å²) in [6.45, 7) is 5.58. The molecule has 0 amide bonds. The highest BCUT2D eigenvalue weighted by atomic mass is 32.2. The number of hydrogen-bond donors (Lipinski definition) is 1. The summed E-state index contributed by atoms with van der Waals surface area (Å²) in [4.78, 5) is 12.6. The van der Waals surface area contributed by atoms with E-state index in [1.807, 2.05) is 18.4 Å². The Morgan fingerprint density at radius 3 is 2.30 bits per heavy atom. The topological polar surface area (TPSA) is 99.0 Å². The summed E-state index contributed by atoms with van der Waals surface area (Å²) in [7, 11) is -4.10. The number of benzene rings is 2. The highest BCUT2D eigenvalue weighted by Crippen LogP contribution is 2.25. The molecule has 170 valence electrons. The standard InChI is InChI=1S/C22H19F2N5O3S/c1-13-14(2)29(12-25-13)21-11-22(27-15(3)26-21)32-17-6-4-16(5-7-17)28-33(30,31)18-8-9-19(23)20(24)10-18/h4-12,28H,1-3H3. The van der Waals surface area contributed by atoms with E-state index in [2.05, 4.69) is 19.7 Å². The summed E-state index contributed by atoms with van der Waals surface area (Å²) in [5.41, 5.74) is 2.04. The first kappa shape index (κ1) is 22.3. The second kappa shape index (κ2) is 8.58. The van der Waals surface area contributed by atoms with Crippen LogP contribution in [-0.2, 0) is 10.0 Å². The molecule has 0 aliphatic rings. The van der Waals surface area contributed by atoms with Crippen molar-refractivity contribution in [2.24, 2.45) is 0 Å². The Bertz CT molecular complexity index is 1440. The van der Waals surface area contributed by atoms with Crippen LogP contribution in [-0.4, -0.2) is 27.9 Å². The molecule has 0 atom stereocenters. The van der Waals surface area contributed by atoms with Gasteiger partial charge < -0.3 is 4.74 Å². The lowest BCUT2D eigenvalue weighted by Crippen LogP contribution is -2.13. The Labute approximate surface area is 189 Å². The van der Waals surface area contributed by atoms with Gasteiger partial charge in [0.25, 0.3) is 10.0 Å². The summed E-state index contributed by atoms with van der Waals surface area (Å²) in [5.74, 6) is -0.554. The number of hydrogen-bond acceptors (Lipinski definition) is 6. The van der Waals surface area contributed by atoms with Crippen LogP contribution in [0.25, 0.3) is 5.82 Å². The van der Waals surface area contributed by atoms with Crippen LogP contribution in [0.5, 0.6) is 11.6 Å². The average molecular weight is 471 g/mol. The molecule has 0 saturated heterocycles. The zero-order valence-electron chi connectivity index (χ0n) is 17.9. The lowest BCUT2D eigenvalue weighted by Gasteiger charge is -2.11. The molecule has 0 fully saturated rings. The first-order valence-electron chi connectivity index (χ1n) is 9.75. The molecule has 1 N–H and O–H groups in total. The maximum absolute atomic E-state index is 13.4. The fourth-order valence-corrected chi connectivity index (χ4v) is 4.07. The zero-order valence-corrected chi connectivity index (χ0v) is 18.7. The van der Waals surface area contributed by atoms with Crippen LogP contribution in [0.15, 0.2) is 59.8 Å². The Morgan fingerprint density at radius 1 is 0.939 bits per heavy atom. The second-order valence-corrected chi connectivity index (χ2v) is 8.89. The predicted molar refractivity (Wildman–Crippen MR) is 117 cm³/mol. The van der Waals surface area contributed by atoms with E-state index >= 15 is 0 Å². The Balaban J connectivity index is 1.52. The van der Waals surface area contributed by atoms with E-state index in [-0.39, 0.29) is 5.69 Å². The van der Waals surface area contributed by atoms with Gasteiger partial charge >= 0.3 is 0 Å². The molecule has 2 aromatic carbocycles. The van der Waals surface area contributed by atoms with Gasteiger partial charge in [-0.05, 0) is 63.2 Å². The van der Waals surface area contributed by atoms with Crippen LogP contribution in [0.3, 0.4) is 0 Å². The maximum Gasteiger partial charge on any atom is 0.261 e. The summed E-state index contributed by atoms with van der Waals surface area (Å²) in [5, 5.41) is 0. The molecule has 0 spiro atoms. The van der Waals surface area contributed by atoms with Gasteiger partial charge in [-0.3, -0.25) is 9.29 Å². The lowest BCUT2D eigenvalue weighted by atomic mass is 10.3. The molecule has 2 heterocycles. The first-order chi connectivity index (χ1) is 15.6. The van der Waals surface area contributed by atoms with E-state index in [9.17, 15) is 17.2 Å². The second-order valence-electron chi connectivity index (χ2n) is 7.20. The van der Waals surface area contributed by atoms with Gasteiger partial charge in [-0.15, -0.1) is 0 Å². The number of imidazole rings is 1. The molecule has 0 radical (unpaired) electrons. The number of nitrogens with zero attached hydrogens (tertiary/aromatic N) is 4. The molecular formula is C22H19F2N5O3S. The Kier molecular flexibility index (Phi) is 5.81. The molecule has 8 nitrogen and oxygen atoms in total. The number of ether oxygens (including phenoxy) is 1. The SMILES string of the molecule is Cc1nc(Oc2ccc(NS(=O)(=O)c3ccc(F)c(F)c3)cc2)cc(-n2cnc(C)c2C)n1. The molecule has 0 aliphatic carbocycles. The van der Waals surface area contributed by atoms with Gasteiger partial charge in [0.2, 0.25) is 5.88 Å². The number of sulfonamides is 1. The van der Waals surface area contributed by atoms with Crippen molar-refractivity contribution in [2.75, 3.05) is 4.72 Å². The minimum absolute atomic E-state index is 0.219. The normalized spacial score (nSPS) is 11.4. The number of nitrogens with one attached hydrogen (secondary N) is 1. The van der Waals surface area contributed by atoms with Crippen molar-refractivity contribution in [3.05, 3.63) is 83.7 Å². The minimum Gasteiger partial charge on any atom is -0.439 e. The number of aryl methyl sites for hydroxylation is 2. The van der Waals surface area contributed by atoms with Gasteiger partial charge in [0.05, 0.1) is 10.6 Å². The number of aromatic nitrogens is 4. The van der Waals surface area contributed by atoms with E-state index in [0.717, 1.165) is 23.5 Å². The quantitative estimate of drug-likeness (QED) is 0.446. The number of halogens is 2. The van der Waals surface area contributed by atoms with Crippen molar-refractivity contribution >= 4 is 15.7 Å². The predicted octanol–water partition coefficient (Wildman–Crippen LogP) is 4.46. The van der Waals surface area contributed by atoms with Gasteiger partial charge in [-0.1, -0.05) is 0 Å². The fourth-order valence-electron chi connectivity index (χ4n) is 3.00. The van der Waals surface area contributed by atoms with E-state index in [0.29, 0.717) is 29.3 Å². The van der Waals surface area contributed by atoms with E-state index in [4.69, 9.17) is 4.74 Å². The Hall–Kier alpha value is -3.86. The van der Waals surface area contributed by atoms with Crippen molar-refractivity contribution in [2.45, 2.75) is 25.7 Å². The average Bonchev–Trinajstić information content (AvgIpc) is 3.09. The van der Waals surface area contributed by atoms with Crippen LogP contribution < -0.4 is 9.46 Å². The van der Waals surface area contributed by atoms with Crippen LogP contribution in [0.4, 0.5) is 14.5 Å². The van der Waals surface area contributed by atoms with Crippen molar-refractivity contribution in [1.82, 2.24) is 19.5 Å². The number of rotatable bonds is 6. The summed E-state index contributed by atoms with van der Waals surface area (Å²) in [6.07, 6.45) is 1.67. The molecule has 0 bridgehead atoms. The van der Waals surface area contributed by atoms with Crippen molar-refractivity contribution in [3.63, 3.8) is 0 Å². The first-order valence-corrected chi connectivity index (χ1v) is 11.2. The molecule has 0 saturated carbocycles. The Morgan fingerprint density at radius 2 is 1.67 bits per heavy atom. The molecule has 33 heavy (non-hydrogen) atoms. The van der Waals surface area contributed by atoms with Gasteiger partial charge in [0.15, 0.2) is 11.6 Å². The smallest absolute Gasteiger partial charge is 0.261 e. The summed E-state index contributed by atoms with van der Waals surface area (Å²) >= 11 is 0. The molecule has 0 aliphatic heterocycles. The van der Waals surface area contributed by atoms with Gasteiger partial charge in [0.1, 0.15) is 23.7 Å². The van der Waals surface area contributed by atoms with Crippen molar-refractivity contribution in [3.8, 4) is 17.4 Å². The molecule has 4 aromatic rings. The lowest BCUT2D eigenvalue weighted by molar-refractivity contribution is 0.459. The molecule has 0 unspecified atom stereocenters. The number of anilines is 1. The monoisotopic (exact) mass is 471 g/mol. The van der Waals surface area contributed by atoms with Gasteiger partial charge in [-0.25, -0.2) is 27.2 Å². The fraction of sp³-hybridized carbons (Fsp3) is 0.136. The van der Waals surface area contributed by atoms with Gasteiger partial charge in [-0.2, -0.15) is 4.98 Å². The molecular weight excluding hydrogens is 452 g/mol. The maximum atomic E-state index is 13.4. The van der Waals surface area contributed by atoms with Gasteiger partial charge in [0, 0.05) is 17.4 Å². The van der Waals surface area contributed by atoms with Crippen molar-refractivity contribution in [1.29, 1.82) is 0 Å². The third-order valence-corrected chi connectivity index (χ3v) is 6.21. The zero-order chi connectivity index (χ0) is 23.8. The third kappa shape index (κ3) is 4.82. The van der Waals surface area contributed by atoms with Crippen molar-refractivity contribution < 1.29 is 21.9 Å². The van der Waals surface area contributed by atoms with Crippen LogP contribution in [0.2, 0.25) is 0 Å². The van der Waals surface area contributed by atoms with Crippen LogP contribution in [0, 0.1) is 32.4 Å². The molecule has 2 aromatic heterocycles.